The summed E-state index contributed by atoms with van der Waals surface area (Å²) in [6, 6.07) is 12.3. The topological polar surface area (TPSA) is 61.8 Å². The van der Waals surface area contributed by atoms with Gasteiger partial charge in [-0.05, 0) is 55.8 Å². The molecule has 0 heterocycles. The van der Waals surface area contributed by atoms with Crippen molar-refractivity contribution in [1.29, 1.82) is 0 Å². The molecule has 26 heavy (non-hydrogen) atoms. The Hall–Kier alpha value is -2.47. The Kier molecular flexibility index (Phi) is 7.09. The average Bonchev–Trinajstić information content (AvgIpc) is 2.62. The highest BCUT2D eigenvalue weighted by atomic mass is 32.2. The summed E-state index contributed by atoms with van der Waals surface area (Å²) in [5, 5.41) is 1.21. The van der Waals surface area contributed by atoms with E-state index in [9.17, 15) is 8.42 Å². The lowest BCUT2D eigenvalue weighted by Crippen LogP contribution is -2.00. The lowest BCUT2D eigenvalue weighted by atomic mass is 10.2. The fourth-order valence-electron chi connectivity index (χ4n) is 2.38. The van der Waals surface area contributed by atoms with Crippen LogP contribution in [-0.4, -0.2) is 28.7 Å². The molecule has 0 fully saturated rings. The van der Waals surface area contributed by atoms with E-state index in [2.05, 4.69) is 0 Å². The maximum absolute atomic E-state index is 12.4. The zero-order valence-corrected chi connectivity index (χ0v) is 16.1. The van der Waals surface area contributed by atoms with Crippen molar-refractivity contribution >= 4 is 15.9 Å². The monoisotopic (exact) mass is 376 g/mol. The molecule has 0 amide bonds. The minimum atomic E-state index is -3.43. The number of hydrogen-bond acceptors (Lipinski definition) is 5. The van der Waals surface area contributed by atoms with Gasteiger partial charge in [-0.25, -0.2) is 8.42 Å². The van der Waals surface area contributed by atoms with Crippen LogP contribution in [0.5, 0.6) is 17.2 Å². The standard InChI is InChI=1S/C20H24O5S/c1-4-24-19-10-11-20(25-5-2)17(14-19)12-13-26(21,22)15-16-6-8-18(23-3)9-7-16/h6-14H,4-5,15H2,1-3H3. The molecule has 5 nitrogen and oxygen atoms in total. The van der Waals surface area contributed by atoms with Gasteiger partial charge in [-0.15, -0.1) is 0 Å². The summed E-state index contributed by atoms with van der Waals surface area (Å²) in [6.45, 7) is 4.80. The molecular weight excluding hydrogens is 352 g/mol. The SMILES string of the molecule is CCOc1ccc(OCC)c(C=CS(=O)(=O)Cc2ccc(OC)cc2)c1. The molecule has 0 radical (unpaired) electrons. The Morgan fingerprint density at radius 1 is 0.923 bits per heavy atom. The smallest absolute Gasteiger partial charge is 0.175 e. The van der Waals surface area contributed by atoms with Crippen LogP contribution < -0.4 is 14.2 Å². The van der Waals surface area contributed by atoms with Crippen LogP contribution in [0.2, 0.25) is 0 Å². The first-order chi connectivity index (χ1) is 12.5. The number of sulfone groups is 1. The van der Waals surface area contributed by atoms with Gasteiger partial charge in [-0.3, -0.25) is 0 Å². The van der Waals surface area contributed by atoms with Crippen molar-refractivity contribution in [3.8, 4) is 17.2 Å². The van der Waals surface area contributed by atoms with Gasteiger partial charge in [0.05, 0.1) is 26.1 Å². The molecule has 0 saturated carbocycles. The molecule has 0 saturated heterocycles. The molecule has 0 bridgehead atoms. The Morgan fingerprint density at radius 3 is 2.19 bits per heavy atom. The molecule has 0 N–H and O–H groups in total. The molecule has 140 valence electrons. The second-order valence-electron chi connectivity index (χ2n) is 5.52. The second kappa shape index (κ2) is 9.29. The molecule has 6 heteroatoms. The van der Waals surface area contributed by atoms with Gasteiger partial charge < -0.3 is 14.2 Å². The Balaban J connectivity index is 2.21. The number of rotatable bonds is 9. The predicted octanol–water partition coefficient (Wildman–Crippen LogP) is 4.08. The first-order valence-electron chi connectivity index (χ1n) is 8.40. The molecule has 2 aromatic carbocycles. The normalized spacial score (nSPS) is 11.5. The molecule has 0 aromatic heterocycles. The van der Waals surface area contributed by atoms with Gasteiger partial charge in [0.15, 0.2) is 9.84 Å². The Morgan fingerprint density at radius 2 is 1.58 bits per heavy atom. The van der Waals surface area contributed by atoms with E-state index >= 15 is 0 Å². The van der Waals surface area contributed by atoms with Gasteiger partial charge in [0, 0.05) is 11.0 Å². The molecule has 0 atom stereocenters. The van der Waals surface area contributed by atoms with Gasteiger partial charge >= 0.3 is 0 Å². The number of benzene rings is 2. The molecule has 0 unspecified atom stereocenters. The molecule has 2 aromatic rings. The van der Waals surface area contributed by atoms with Crippen LogP contribution in [0.3, 0.4) is 0 Å². The van der Waals surface area contributed by atoms with Gasteiger partial charge in [0.2, 0.25) is 0 Å². The third-order valence-corrected chi connectivity index (χ3v) is 4.86. The van der Waals surface area contributed by atoms with Gasteiger partial charge in [-0.2, -0.15) is 0 Å². The number of ether oxygens (including phenoxy) is 3. The lowest BCUT2D eigenvalue weighted by Gasteiger charge is -2.10. The van der Waals surface area contributed by atoms with E-state index in [-0.39, 0.29) is 5.75 Å². The van der Waals surface area contributed by atoms with Crippen molar-refractivity contribution in [2.24, 2.45) is 0 Å². The van der Waals surface area contributed by atoms with Crippen molar-refractivity contribution in [1.82, 2.24) is 0 Å². The zero-order valence-electron chi connectivity index (χ0n) is 15.3. The van der Waals surface area contributed by atoms with Crippen LogP contribution in [0.15, 0.2) is 47.9 Å². The van der Waals surface area contributed by atoms with Crippen molar-refractivity contribution < 1.29 is 22.6 Å². The highest BCUT2D eigenvalue weighted by Gasteiger charge is 2.10. The number of hydrogen-bond donors (Lipinski definition) is 0. The second-order valence-corrected chi connectivity index (χ2v) is 7.41. The van der Waals surface area contributed by atoms with Crippen LogP contribution in [-0.2, 0) is 15.6 Å². The summed E-state index contributed by atoms with van der Waals surface area (Å²) in [7, 11) is -1.86. The highest BCUT2D eigenvalue weighted by molar-refractivity contribution is 7.93. The van der Waals surface area contributed by atoms with Crippen LogP contribution in [0.25, 0.3) is 6.08 Å². The third kappa shape index (κ3) is 5.81. The van der Waals surface area contributed by atoms with Gasteiger partial charge in [0.25, 0.3) is 0 Å². The van der Waals surface area contributed by atoms with Gasteiger partial charge in [-0.1, -0.05) is 12.1 Å². The van der Waals surface area contributed by atoms with E-state index in [0.717, 1.165) is 0 Å². The predicted molar refractivity (Wildman–Crippen MR) is 103 cm³/mol. The largest absolute Gasteiger partial charge is 0.497 e. The summed E-state index contributed by atoms with van der Waals surface area (Å²) >= 11 is 0. The average molecular weight is 376 g/mol. The van der Waals surface area contributed by atoms with Crippen LogP contribution in [0.1, 0.15) is 25.0 Å². The lowest BCUT2D eigenvalue weighted by molar-refractivity contribution is 0.330. The fraction of sp³-hybridized carbons (Fsp3) is 0.300. The van der Waals surface area contributed by atoms with Gasteiger partial charge in [0.1, 0.15) is 17.2 Å². The molecule has 0 aliphatic heterocycles. The molecule has 0 spiro atoms. The summed E-state index contributed by atoms with van der Waals surface area (Å²) in [6.07, 6.45) is 1.55. The van der Waals surface area contributed by atoms with E-state index < -0.39 is 9.84 Å². The molecule has 2 rings (SSSR count). The van der Waals surface area contributed by atoms with Crippen molar-refractivity contribution in [3.05, 3.63) is 59.0 Å². The summed E-state index contributed by atoms with van der Waals surface area (Å²) in [5.74, 6) is 1.90. The van der Waals surface area contributed by atoms with E-state index in [1.807, 2.05) is 13.8 Å². The highest BCUT2D eigenvalue weighted by Crippen LogP contribution is 2.26. The van der Waals surface area contributed by atoms with E-state index in [0.29, 0.717) is 41.6 Å². The van der Waals surface area contributed by atoms with E-state index in [1.54, 1.807) is 55.7 Å². The summed E-state index contributed by atoms with van der Waals surface area (Å²) < 4.78 is 41.0. The Labute approximate surface area is 155 Å². The summed E-state index contributed by atoms with van der Waals surface area (Å²) in [5.41, 5.74) is 1.36. The molecule has 0 aliphatic carbocycles. The first kappa shape index (κ1) is 19.8. The molecule has 0 aliphatic rings. The van der Waals surface area contributed by atoms with Crippen molar-refractivity contribution in [3.63, 3.8) is 0 Å². The minimum Gasteiger partial charge on any atom is -0.497 e. The first-order valence-corrected chi connectivity index (χ1v) is 10.1. The van der Waals surface area contributed by atoms with Crippen LogP contribution in [0.4, 0.5) is 0 Å². The van der Waals surface area contributed by atoms with Crippen LogP contribution >= 0.6 is 0 Å². The fourth-order valence-corrected chi connectivity index (χ4v) is 3.49. The zero-order chi connectivity index (χ0) is 19.0. The minimum absolute atomic E-state index is 0.0807. The molecular formula is C20H24O5S. The van der Waals surface area contributed by atoms with E-state index in [4.69, 9.17) is 14.2 Å². The maximum Gasteiger partial charge on any atom is 0.175 e. The van der Waals surface area contributed by atoms with E-state index in [1.165, 1.54) is 5.41 Å². The Bertz CT molecular complexity index is 839. The van der Waals surface area contributed by atoms with Crippen molar-refractivity contribution in [2.45, 2.75) is 19.6 Å². The maximum atomic E-state index is 12.4. The quantitative estimate of drug-likeness (QED) is 0.660. The third-order valence-electron chi connectivity index (χ3n) is 3.57. The number of methoxy groups -OCH3 is 1. The summed E-state index contributed by atoms with van der Waals surface area (Å²) in [4.78, 5) is 0. The van der Waals surface area contributed by atoms with Crippen molar-refractivity contribution in [2.75, 3.05) is 20.3 Å². The van der Waals surface area contributed by atoms with Crippen LogP contribution in [0, 0.1) is 0 Å².